The third-order valence-electron chi connectivity index (χ3n) is 3.73. The number of thiophene rings is 1. The van der Waals surface area contributed by atoms with E-state index >= 15 is 0 Å². The Kier molecular flexibility index (Phi) is 3.91. The monoisotopic (exact) mass is 369 g/mol. The number of aromatic amines is 2. The Morgan fingerprint density at radius 3 is 2.76 bits per heavy atom. The van der Waals surface area contributed by atoms with Crippen molar-refractivity contribution in [1.82, 2.24) is 9.97 Å². The standard InChI is InChI=1S/C18H12ClN3O2S/c19-17-11-3-1-2-4-14(11)25-15(17)7-8-16(23)20-10-5-6-12-13(9-10)22-18(24)21-12/h1-9H,(H,20,23)(H2,21,22,24)/b8-7+. The van der Waals surface area contributed by atoms with Crippen molar-refractivity contribution in [2.75, 3.05) is 5.32 Å². The lowest BCUT2D eigenvalue weighted by Gasteiger charge is -2.01. The van der Waals surface area contributed by atoms with Crippen LogP contribution in [0, 0.1) is 0 Å². The van der Waals surface area contributed by atoms with Crippen molar-refractivity contribution in [3.63, 3.8) is 0 Å². The van der Waals surface area contributed by atoms with E-state index in [4.69, 9.17) is 11.6 Å². The van der Waals surface area contributed by atoms with Crippen molar-refractivity contribution in [2.45, 2.75) is 0 Å². The minimum absolute atomic E-state index is 0.272. The topological polar surface area (TPSA) is 77.8 Å². The van der Waals surface area contributed by atoms with Crippen LogP contribution >= 0.6 is 22.9 Å². The second-order valence-electron chi connectivity index (χ2n) is 5.44. The first-order chi connectivity index (χ1) is 12.1. The molecule has 25 heavy (non-hydrogen) atoms. The summed E-state index contributed by atoms with van der Waals surface area (Å²) >= 11 is 7.89. The summed E-state index contributed by atoms with van der Waals surface area (Å²) in [6.45, 7) is 0. The highest BCUT2D eigenvalue weighted by Gasteiger charge is 2.08. The number of hydrogen-bond donors (Lipinski definition) is 3. The number of fused-ring (bicyclic) bond motifs is 2. The summed E-state index contributed by atoms with van der Waals surface area (Å²) in [6.07, 6.45) is 3.15. The van der Waals surface area contributed by atoms with Gasteiger partial charge < -0.3 is 15.3 Å². The fourth-order valence-corrected chi connectivity index (χ4v) is 3.98. The molecule has 0 aliphatic carbocycles. The number of rotatable bonds is 3. The molecule has 0 atom stereocenters. The van der Waals surface area contributed by atoms with Gasteiger partial charge in [-0.25, -0.2) is 4.79 Å². The average molecular weight is 370 g/mol. The minimum atomic E-state index is -0.280. The van der Waals surface area contributed by atoms with Crippen LogP contribution in [-0.2, 0) is 4.79 Å². The number of aromatic nitrogens is 2. The zero-order valence-corrected chi connectivity index (χ0v) is 14.4. The van der Waals surface area contributed by atoms with Gasteiger partial charge in [0.05, 0.1) is 16.1 Å². The summed E-state index contributed by atoms with van der Waals surface area (Å²) in [4.78, 5) is 29.6. The summed E-state index contributed by atoms with van der Waals surface area (Å²) in [7, 11) is 0. The minimum Gasteiger partial charge on any atom is -0.322 e. The number of anilines is 1. The van der Waals surface area contributed by atoms with Crippen molar-refractivity contribution in [3.8, 4) is 0 Å². The van der Waals surface area contributed by atoms with Gasteiger partial charge in [-0.1, -0.05) is 29.8 Å². The van der Waals surface area contributed by atoms with Gasteiger partial charge in [0.25, 0.3) is 0 Å². The van der Waals surface area contributed by atoms with Gasteiger partial charge in [0.1, 0.15) is 0 Å². The fraction of sp³-hybridized carbons (Fsp3) is 0. The van der Waals surface area contributed by atoms with Crippen molar-refractivity contribution in [3.05, 3.63) is 68.9 Å². The zero-order chi connectivity index (χ0) is 17.4. The van der Waals surface area contributed by atoms with Crippen LogP contribution in [0.15, 0.2) is 53.3 Å². The number of hydrogen-bond acceptors (Lipinski definition) is 3. The van der Waals surface area contributed by atoms with E-state index in [-0.39, 0.29) is 11.6 Å². The molecule has 0 saturated heterocycles. The summed E-state index contributed by atoms with van der Waals surface area (Å²) in [5, 5.41) is 4.40. The molecule has 4 aromatic rings. The molecule has 4 rings (SSSR count). The molecule has 0 radical (unpaired) electrons. The van der Waals surface area contributed by atoms with Gasteiger partial charge in [-0.2, -0.15) is 0 Å². The van der Waals surface area contributed by atoms with E-state index in [1.54, 1.807) is 24.3 Å². The van der Waals surface area contributed by atoms with E-state index in [0.29, 0.717) is 21.7 Å². The number of halogens is 1. The number of benzene rings is 2. The maximum atomic E-state index is 12.1. The van der Waals surface area contributed by atoms with E-state index in [0.717, 1.165) is 15.0 Å². The Balaban J connectivity index is 1.54. The number of H-pyrrole nitrogens is 2. The van der Waals surface area contributed by atoms with Crippen molar-refractivity contribution < 1.29 is 4.79 Å². The average Bonchev–Trinajstić information content (AvgIpc) is 3.12. The summed E-state index contributed by atoms with van der Waals surface area (Å²) in [5.41, 5.74) is 1.65. The SMILES string of the molecule is O=C(/C=C/c1sc2ccccc2c1Cl)Nc1ccc2[nH]c(=O)[nH]c2c1. The van der Waals surface area contributed by atoms with Crippen LogP contribution in [0.3, 0.4) is 0 Å². The van der Waals surface area contributed by atoms with E-state index in [2.05, 4.69) is 15.3 Å². The van der Waals surface area contributed by atoms with Gasteiger partial charge in [-0.3, -0.25) is 4.79 Å². The summed E-state index contributed by atoms with van der Waals surface area (Å²) in [5.74, 6) is -0.272. The molecular formula is C18H12ClN3O2S. The quantitative estimate of drug-likeness (QED) is 0.469. The number of carbonyl (C=O) groups excluding carboxylic acids is 1. The van der Waals surface area contributed by atoms with Gasteiger partial charge in [-0.05, 0) is 30.3 Å². The van der Waals surface area contributed by atoms with Crippen molar-refractivity contribution in [1.29, 1.82) is 0 Å². The summed E-state index contributed by atoms with van der Waals surface area (Å²) in [6, 6.07) is 13.0. The van der Waals surface area contributed by atoms with Gasteiger partial charge >= 0.3 is 5.69 Å². The second-order valence-corrected chi connectivity index (χ2v) is 6.90. The molecule has 3 N–H and O–H groups in total. The molecule has 0 bridgehead atoms. The number of amides is 1. The smallest absolute Gasteiger partial charge is 0.322 e. The van der Waals surface area contributed by atoms with Crippen LogP contribution in [0.5, 0.6) is 0 Å². The lowest BCUT2D eigenvalue weighted by atomic mass is 10.2. The molecule has 2 aromatic heterocycles. The molecule has 124 valence electrons. The van der Waals surface area contributed by atoms with Crippen LogP contribution in [0.25, 0.3) is 27.2 Å². The van der Waals surface area contributed by atoms with Crippen LogP contribution < -0.4 is 11.0 Å². The molecule has 0 fully saturated rings. The number of nitrogens with one attached hydrogen (secondary N) is 3. The molecule has 0 unspecified atom stereocenters. The Morgan fingerprint density at radius 1 is 1.12 bits per heavy atom. The first-order valence-electron chi connectivity index (χ1n) is 7.48. The molecule has 2 heterocycles. The Hall–Kier alpha value is -2.83. The molecule has 0 aliphatic rings. The first kappa shape index (κ1) is 15.7. The Bertz CT molecular complexity index is 1190. The van der Waals surface area contributed by atoms with E-state index in [1.165, 1.54) is 17.4 Å². The highest BCUT2D eigenvalue weighted by molar-refractivity contribution is 7.20. The molecule has 1 amide bonds. The molecule has 5 nitrogen and oxygen atoms in total. The van der Waals surface area contributed by atoms with Crippen molar-refractivity contribution in [2.24, 2.45) is 0 Å². The van der Waals surface area contributed by atoms with Gasteiger partial charge in [0.2, 0.25) is 5.91 Å². The van der Waals surface area contributed by atoms with Crippen LogP contribution in [-0.4, -0.2) is 15.9 Å². The molecule has 0 aliphatic heterocycles. The second kappa shape index (κ2) is 6.23. The molecule has 0 saturated carbocycles. The predicted octanol–water partition coefficient (Wildman–Crippen LogP) is 4.38. The van der Waals surface area contributed by atoms with Crippen LogP contribution in [0.4, 0.5) is 5.69 Å². The Morgan fingerprint density at radius 2 is 1.92 bits per heavy atom. The largest absolute Gasteiger partial charge is 0.323 e. The maximum absolute atomic E-state index is 12.1. The van der Waals surface area contributed by atoms with Gasteiger partial charge in [0.15, 0.2) is 0 Å². The fourth-order valence-electron chi connectivity index (χ4n) is 2.59. The van der Waals surface area contributed by atoms with Crippen molar-refractivity contribution >= 4 is 61.7 Å². The summed E-state index contributed by atoms with van der Waals surface area (Å²) < 4.78 is 1.08. The van der Waals surface area contributed by atoms with Crippen LogP contribution in [0.2, 0.25) is 5.02 Å². The normalized spacial score (nSPS) is 11.6. The van der Waals surface area contributed by atoms with E-state index in [1.807, 2.05) is 24.3 Å². The first-order valence-corrected chi connectivity index (χ1v) is 8.68. The van der Waals surface area contributed by atoms with Gasteiger partial charge in [-0.15, -0.1) is 11.3 Å². The number of carbonyl (C=O) groups is 1. The molecule has 2 aromatic carbocycles. The van der Waals surface area contributed by atoms with E-state index < -0.39 is 0 Å². The van der Waals surface area contributed by atoms with E-state index in [9.17, 15) is 9.59 Å². The third kappa shape index (κ3) is 3.09. The zero-order valence-electron chi connectivity index (χ0n) is 12.8. The predicted molar refractivity (Wildman–Crippen MR) is 103 cm³/mol. The molecular weight excluding hydrogens is 358 g/mol. The lowest BCUT2D eigenvalue weighted by Crippen LogP contribution is -2.07. The molecule has 0 spiro atoms. The maximum Gasteiger partial charge on any atom is 0.323 e. The van der Waals surface area contributed by atoms with Crippen LogP contribution in [0.1, 0.15) is 4.88 Å². The van der Waals surface area contributed by atoms with Gasteiger partial charge in [0, 0.05) is 26.7 Å². The Labute approximate surface area is 151 Å². The lowest BCUT2D eigenvalue weighted by molar-refractivity contribution is -0.111. The number of imidazole rings is 1. The highest BCUT2D eigenvalue weighted by atomic mass is 35.5. The molecule has 7 heteroatoms. The highest BCUT2D eigenvalue weighted by Crippen LogP contribution is 2.35. The third-order valence-corrected chi connectivity index (χ3v) is 5.38.